The van der Waals surface area contributed by atoms with Crippen molar-refractivity contribution in [2.24, 2.45) is 0 Å². The van der Waals surface area contributed by atoms with Gasteiger partial charge in [0.15, 0.2) is 6.10 Å². The van der Waals surface area contributed by atoms with Crippen LogP contribution in [0.3, 0.4) is 0 Å². The molecule has 2 aliphatic heterocycles. The van der Waals surface area contributed by atoms with Gasteiger partial charge in [-0.3, -0.25) is 14.5 Å². The summed E-state index contributed by atoms with van der Waals surface area (Å²) in [7, 11) is 0. The summed E-state index contributed by atoms with van der Waals surface area (Å²) in [5, 5.41) is 3.35. The molecule has 5 rings (SSSR count). The summed E-state index contributed by atoms with van der Waals surface area (Å²) >= 11 is 21.1. The molecule has 6 nitrogen and oxygen atoms in total. The molecule has 0 saturated carbocycles. The van der Waals surface area contributed by atoms with Gasteiger partial charge < -0.3 is 10.1 Å². The molecule has 0 spiro atoms. The van der Waals surface area contributed by atoms with Gasteiger partial charge in [-0.2, -0.15) is 0 Å². The van der Waals surface area contributed by atoms with E-state index in [9.17, 15) is 14.4 Å². The van der Waals surface area contributed by atoms with Gasteiger partial charge in [-0.1, -0.05) is 83.9 Å². The van der Waals surface area contributed by atoms with Gasteiger partial charge in [-0.05, 0) is 34.9 Å². The highest BCUT2D eigenvalue weighted by molar-refractivity contribution is 8.00. The Kier molecular flexibility index (Phi) is 9.33. The molecule has 1 saturated heterocycles. The Morgan fingerprint density at radius 1 is 1.02 bits per heavy atom. The minimum Gasteiger partial charge on any atom is -0.448 e. The first kappa shape index (κ1) is 28.9. The van der Waals surface area contributed by atoms with Gasteiger partial charge in [0.2, 0.25) is 5.91 Å². The van der Waals surface area contributed by atoms with Crippen LogP contribution in [-0.2, 0) is 19.1 Å². The molecule has 3 aromatic carbocycles. The minimum absolute atomic E-state index is 0.0503. The predicted octanol–water partition coefficient (Wildman–Crippen LogP) is 6.31. The molecule has 1 fully saturated rings. The van der Waals surface area contributed by atoms with Crippen molar-refractivity contribution in [3.63, 3.8) is 0 Å². The molecule has 0 radical (unpaired) electrons. The number of β-lactam (4-membered cyclic amide) rings is 1. The molecule has 0 aliphatic carbocycles. The minimum atomic E-state index is -0.772. The van der Waals surface area contributed by atoms with Crippen molar-refractivity contribution >= 4 is 76.1 Å². The van der Waals surface area contributed by atoms with E-state index in [4.69, 9.17) is 39.5 Å². The number of benzene rings is 3. The van der Waals surface area contributed by atoms with E-state index >= 15 is 0 Å². The van der Waals surface area contributed by atoms with Gasteiger partial charge in [0.05, 0.1) is 10.8 Å². The van der Waals surface area contributed by atoms with Gasteiger partial charge in [0.1, 0.15) is 17.1 Å². The zero-order valence-corrected chi connectivity index (χ0v) is 24.8. The quantitative estimate of drug-likeness (QED) is 0.129. The number of carbonyl (C=O) groups excluding carboxylic acids is 3. The third-order valence-electron chi connectivity index (χ3n) is 6.40. The van der Waals surface area contributed by atoms with Crippen molar-refractivity contribution in [3.05, 3.63) is 111 Å². The Labute approximate surface area is 255 Å². The van der Waals surface area contributed by atoms with Crippen LogP contribution in [0.5, 0.6) is 0 Å². The first-order chi connectivity index (χ1) is 19.4. The van der Waals surface area contributed by atoms with Crippen LogP contribution in [-0.4, -0.2) is 51.5 Å². The van der Waals surface area contributed by atoms with Gasteiger partial charge in [-0.25, -0.2) is 4.79 Å². The van der Waals surface area contributed by atoms with Crippen LogP contribution in [0.25, 0.3) is 0 Å². The number of hydrogen-bond acceptors (Lipinski definition) is 6. The first-order valence-corrected chi connectivity index (χ1v) is 15.6. The van der Waals surface area contributed by atoms with E-state index in [1.165, 1.54) is 28.4 Å². The summed E-state index contributed by atoms with van der Waals surface area (Å²) in [5.41, 5.74) is 2.35. The summed E-state index contributed by atoms with van der Waals surface area (Å²) < 4.78 is 6.05. The molecule has 0 bridgehead atoms. The number of alkyl halides is 1. The number of halogens is 3. The molecule has 3 aromatic rings. The number of ether oxygens (including phenoxy) is 1. The molecular formula is C29H23Cl3N2O4S2. The van der Waals surface area contributed by atoms with Crippen molar-refractivity contribution in [1.29, 1.82) is 0 Å². The molecule has 0 unspecified atom stereocenters. The van der Waals surface area contributed by atoms with E-state index in [0.717, 1.165) is 11.1 Å². The number of nitrogens with one attached hydrogen (secondary N) is 1. The SMILES string of the molecule is O=C(CSc1cc(Cl)ccc1Cl)N[C@@H]1C(=O)N2C(C(=O)OC(c3ccccc3)c3ccccc3)=C(CCl)CS[C@H]12. The van der Waals surface area contributed by atoms with Crippen LogP contribution in [0.15, 0.2) is 95.0 Å². The van der Waals surface area contributed by atoms with Gasteiger partial charge in [0.25, 0.3) is 5.91 Å². The lowest BCUT2D eigenvalue weighted by atomic mass is 10.0. The van der Waals surface area contributed by atoms with Crippen molar-refractivity contribution in [3.8, 4) is 0 Å². The lowest BCUT2D eigenvalue weighted by molar-refractivity contribution is -0.154. The van der Waals surface area contributed by atoms with E-state index in [2.05, 4.69) is 5.32 Å². The van der Waals surface area contributed by atoms with Crippen LogP contribution >= 0.6 is 58.3 Å². The maximum absolute atomic E-state index is 13.7. The lowest BCUT2D eigenvalue weighted by Crippen LogP contribution is -2.70. The smallest absolute Gasteiger partial charge is 0.356 e. The highest BCUT2D eigenvalue weighted by atomic mass is 35.5. The molecule has 40 heavy (non-hydrogen) atoms. The molecule has 2 aliphatic rings. The summed E-state index contributed by atoms with van der Waals surface area (Å²) in [6.45, 7) is 0. The summed E-state index contributed by atoms with van der Waals surface area (Å²) in [4.78, 5) is 41.7. The van der Waals surface area contributed by atoms with Gasteiger partial charge >= 0.3 is 5.97 Å². The van der Waals surface area contributed by atoms with E-state index in [0.29, 0.717) is 26.3 Å². The fraction of sp³-hybridized carbons (Fsp3) is 0.207. The van der Waals surface area contributed by atoms with Crippen LogP contribution in [0.4, 0.5) is 0 Å². The molecule has 2 atom stereocenters. The zero-order valence-electron chi connectivity index (χ0n) is 20.9. The van der Waals surface area contributed by atoms with E-state index in [-0.39, 0.29) is 29.1 Å². The third kappa shape index (κ3) is 6.16. The van der Waals surface area contributed by atoms with Crippen LogP contribution in [0.2, 0.25) is 10.0 Å². The van der Waals surface area contributed by atoms with Crippen LogP contribution < -0.4 is 5.32 Å². The normalized spacial score (nSPS) is 18.3. The highest BCUT2D eigenvalue weighted by Crippen LogP contribution is 2.42. The number of rotatable bonds is 9. The Balaban J connectivity index is 1.30. The maximum Gasteiger partial charge on any atom is 0.356 e. The van der Waals surface area contributed by atoms with Crippen molar-refractivity contribution < 1.29 is 19.1 Å². The fourth-order valence-corrected chi connectivity index (χ4v) is 7.45. The summed E-state index contributed by atoms with van der Waals surface area (Å²) in [6, 6.07) is 23.1. The largest absolute Gasteiger partial charge is 0.448 e. The van der Waals surface area contributed by atoms with Crippen molar-refractivity contribution in [1.82, 2.24) is 10.2 Å². The summed E-state index contributed by atoms with van der Waals surface area (Å²) in [6.07, 6.45) is -0.672. The molecule has 2 amide bonds. The number of fused-ring (bicyclic) bond motifs is 1. The monoisotopic (exact) mass is 632 g/mol. The predicted molar refractivity (Wildman–Crippen MR) is 161 cm³/mol. The summed E-state index contributed by atoms with van der Waals surface area (Å²) in [5.74, 6) is -0.796. The highest BCUT2D eigenvalue weighted by Gasteiger charge is 2.54. The second-order valence-electron chi connectivity index (χ2n) is 9.01. The Morgan fingerprint density at radius 3 is 2.30 bits per heavy atom. The molecule has 0 aromatic heterocycles. The number of esters is 1. The second kappa shape index (κ2) is 12.9. The molecular weight excluding hydrogens is 611 g/mol. The van der Waals surface area contributed by atoms with Crippen molar-refractivity contribution in [2.45, 2.75) is 22.4 Å². The lowest BCUT2D eigenvalue weighted by Gasteiger charge is -2.49. The topological polar surface area (TPSA) is 75.7 Å². The fourth-order valence-electron chi connectivity index (χ4n) is 4.47. The molecule has 206 valence electrons. The number of thioether (sulfide) groups is 2. The van der Waals surface area contributed by atoms with Crippen molar-refractivity contribution in [2.75, 3.05) is 17.4 Å². The van der Waals surface area contributed by atoms with Gasteiger partial charge in [0, 0.05) is 21.6 Å². The number of hydrogen-bond donors (Lipinski definition) is 1. The number of nitrogens with zero attached hydrogens (tertiary/aromatic N) is 1. The maximum atomic E-state index is 13.7. The molecule has 11 heteroatoms. The van der Waals surface area contributed by atoms with E-state index < -0.39 is 23.5 Å². The first-order valence-electron chi connectivity index (χ1n) is 12.3. The zero-order chi connectivity index (χ0) is 28.2. The Morgan fingerprint density at radius 2 is 1.68 bits per heavy atom. The Hall–Kier alpha value is -2.62. The number of carbonyl (C=O) groups is 3. The second-order valence-corrected chi connectivity index (χ2v) is 12.2. The average Bonchev–Trinajstić information content (AvgIpc) is 2.99. The molecule has 1 N–H and O–H groups in total. The van der Waals surface area contributed by atoms with E-state index in [1.807, 2.05) is 60.7 Å². The van der Waals surface area contributed by atoms with Gasteiger partial charge in [-0.15, -0.1) is 35.1 Å². The Bertz CT molecular complexity index is 1420. The van der Waals surface area contributed by atoms with Crippen LogP contribution in [0.1, 0.15) is 17.2 Å². The third-order valence-corrected chi connectivity index (χ3v) is 9.79. The average molecular weight is 634 g/mol. The number of amides is 2. The standard InChI is InChI=1S/C29H23Cl3N2O4S2/c30-14-19-15-40-28-24(33-23(35)16-39-22-13-20(31)11-12-21(22)32)27(36)34(28)25(19)29(37)38-26(17-7-3-1-4-8-17)18-9-5-2-6-10-18/h1-13,24,26,28H,14-16H2,(H,33,35)/t24-,28-/m1/s1. The van der Waals surface area contributed by atoms with Crippen LogP contribution in [0, 0.1) is 0 Å². The molecule has 2 heterocycles. The van der Waals surface area contributed by atoms with E-state index in [1.54, 1.807) is 18.2 Å².